The van der Waals surface area contributed by atoms with Gasteiger partial charge >= 0.3 is 0 Å². The highest BCUT2D eigenvalue weighted by Crippen LogP contribution is 1.92. The van der Waals surface area contributed by atoms with Gasteiger partial charge in [-0.1, -0.05) is 49.7 Å². The van der Waals surface area contributed by atoms with Crippen molar-refractivity contribution >= 4 is 0 Å². The lowest BCUT2D eigenvalue weighted by molar-refractivity contribution is 0.762. The maximum Gasteiger partial charge on any atom is -0.00775 e. The van der Waals surface area contributed by atoms with Crippen molar-refractivity contribution in [3.8, 4) is 0 Å². The van der Waals surface area contributed by atoms with Crippen molar-refractivity contribution < 1.29 is 0 Å². The minimum Gasteiger partial charge on any atom is -0.333 e. The number of hydrogen-bond donors (Lipinski definition) is 2. The number of nitrogens with one attached hydrogen (secondary N) is 1. The SMILES string of the molecule is CCNCC.CN.Cc1ccccc1. The lowest BCUT2D eigenvalue weighted by Crippen LogP contribution is -2.09. The molecule has 14 heavy (non-hydrogen) atoms. The molecule has 1 rings (SSSR count). The molecule has 1 aromatic carbocycles. The number of benzene rings is 1. The quantitative estimate of drug-likeness (QED) is 0.761. The number of hydrogen-bond acceptors (Lipinski definition) is 2. The molecule has 0 atom stereocenters. The molecular formula is C12H24N2. The van der Waals surface area contributed by atoms with E-state index in [-0.39, 0.29) is 0 Å². The summed E-state index contributed by atoms with van der Waals surface area (Å²) < 4.78 is 0. The van der Waals surface area contributed by atoms with Crippen LogP contribution in [-0.2, 0) is 0 Å². The molecule has 1 aromatic rings. The van der Waals surface area contributed by atoms with Crippen molar-refractivity contribution in [3.63, 3.8) is 0 Å². The molecule has 82 valence electrons. The van der Waals surface area contributed by atoms with Crippen molar-refractivity contribution in [1.82, 2.24) is 5.32 Å². The van der Waals surface area contributed by atoms with Gasteiger partial charge in [0.25, 0.3) is 0 Å². The van der Waals surface area contributed by atoms with Crippen LogP contribution < -0.4 is 11.1 Å². The van der Waals surface area contributed by atoms with Gasteiger partial charge in [-0.15, -0.1) is 0 Å². The zero-order valence-electron chi connectivity index (χ0n) is 9.88. The highest BCUT2D eigenvalue weighted by atomic mass is 14.8. The van der Waals surface area contributed by atoms with Gasteiger partial charge in [0, 0.05) is 0 Å². The third-order valence-electron chi connectivity index (χ3n) is 1.44. The molecule has 0 saturated carbocycles. The van der Waals surface area contributed by atoms with Crippen molar-refractivity contribution in [1.29, 1.82) is 0 Å². The minimum absolute atomic E-state index is 1.09. The van der Waals surface area contributed by atoms with E-state index in [9.17, 15) is 0 Å². The van der Waals surface area contributed by atoms with Gasteiger partial charge in [0.2, 0.25) is 0 Å². The summed E-state index contributed by atoms with van der Waals surface area (Å²) in [5.74, 6) is 0. The van der Waals surface area contributed by atoms with Gasteiger partial charge in [-0.3, -0.25) is 0 Å². The van der Waals surface area contributed by atoms with Crippen molar-refractivity contribution in [2.75, 3.05) is 20.1 Å². The fraction of sp³-hybridized carbons (Fsp3) is 0.500. The van der Waals surface area contributed by atoms with E-state index < -0.39 is 0 Å². The summed E-state index contributed by atoms with van der Waals surface area (Å²) in [6.07, 6.45) is 0. The Morgan fingerprint density at radius 2 is 1.43 bits per heavy atom. The molecule has 2 heteroatoms. The smallest absolute Gasteiger partial charge is 0.00775 e. The van der Waals surface area contributed by atoms with Crippen LogP contribution in [0.1, 0.15) is 19.4 Å². The average molecular weight is 196 g/mol. The van der Waals surface area contributed by atoms with Gasteiger partial charge in [0.15, 0.2) is 0 Å². The van der Waals surface area contributed by atoms with Crippen LogP contribution >= 0.6 is 0 Å². The summed E-state index contributed by atoms with van der Waals surface area (Å²) in [4.78, 5) is 0. The Morgan fingerprint density at radius 1 is 1.00 bits per heavy atom. The standard InChI is InChI=1S/C7H8.C4H11N.CH5N/c1-7-5-3-2-4-6-7;1-3-5-4-2;1-2/h2-6H,1H3;5H,3-4H2,1-2H3;2H2,1H3. The second-order valence-electron chi connectivity index (χ2n) is 2.61. The molecule has 0 aliphatic rings. The molecule has 0 heterocycles. The van der Waals surface area contributed by atoms with Gasteiger partial charge in [-0.05, 0) is 27.1 Å². The largest absolute Gasteiger partial charge is 0.333 e. The normalized spacial score (nSPS) is 7.79. The summed E-state index contributed by atoms with van der Waals surface area (Å²) in [6.45, 7) is 8.47. The first-order chi connectivity index (χ1) is 6.81. The topological polar surface area (TPSA) is 38.0 Å². The van der Waals surface area contributed by atoms with E-state index in [1.54, 1.807) is 0 Å². The fourth-order valence-electron chi connectivity index (χ4n) is 0.784. The van der Waals surface area contributed by atoms with Crippen LogP contribution in [0.25, 0.3) is 0 Å². The van der Waals surface area contributed by atoms with Crippen LogP contribution in [0.3, 0.4) is 0 Å². The van der Waals surface area contributed by atoms with E-state index in [0.29, 0.717) is 0 Å². The molecule has 0 radical (unpaired) electrons. The van der Waals surface area contributed by atoms with Crippen LogP contribution in [0, 0.1) is 6.92 Å². The molecule has 0 saturated heterocycles. The molecule has 0 aromatic heterocycles. The van der Waals surface area contributed by atoms with Crippen molar-refractivity contribution in [2.45, 2.75) is 20.8 Å². The molecule has 0 unspecified atom stereocenters. The maximum absolute atomic E-state index is 4.50. The molecule has 0 aliphatic heterocycles. The van der Waals surface area contributed by atoms with Gasteiger partial charge < -0.3 is 11.1 Å². The fourth-order valence-corrected chi connectivity index (χ4v) is 0.784. The Hall–Kier alpha value is -0.860. The molecule has 0 aliphatic carbocycles. The first-order valence-electron chi connectivity index (χ1n) is 5.11. The van der Waals surface area contributed by atoms with Crippen LogP contribution in [0.2, 0.25) is 0 Å². The van der Waals surface area contributed by atoms with E-state index in [1.165, 1.54) is 12.6 Å². The lowest BCUT2D eigenvalue weighted by Gasteiger charge is -1.86. The third kappa shape index (κ3) is 13.7. The highest BCUT2D eigenvalue weighted by molar-refractivity contribution is 5.11. The summed E-state index contributed by atoms with van der Waals surface area (Å²) in [5.41, 5.74) is 5.82. The highest BCUT2D eigenvalue weighted by Gasteiger charge is 1.72. The van der Waals surface area contributed by atoms with E-state index in [4.69, 9.17) is 0 Å². The summed E-state index contributed by atoms with van der Waals surface area (Å²) in [6, 6.07) is 10.3. The van der Waals surface area contributed by atoms with Gasteiger partial charge in [-0.25, -0.2) is 0 Å². The predicted molar refractivity (Wildman–Crippen MR) is 65.5 cm³/mol. The van der Waals surface area contributed by atoms with Crippen LogP contribution in [-0.4, -0.2) is 20.1 Å². The Bertz CT molecular complexity index is 171. The number of rotatable bonds is 2. The zero-order valence-corrected chi connectivity index (χ0v) is 9.88. The summed E-state index contributed by atoms with van der Waals surface area (Å²) in [7, 11) is 1.50. The number of nitrogens with two attached hydrogens (primary N) is 1. The van der Waals surface area contributed by atoms with Crippen LogP contribution in [0.5, 0.6) is 0 Å². The second kappa shape index (κ2) is 14.7. The van der Waals surface area contributed by atoms with Gasteiger partial charge in [0.1, 0.15) is 0 Å². The molecule has 3 N–H and O–H groups in total. The van der Waals surface area contributed by atoms with E-state index in [1.807, 2.05) is 18.2 Å². The third-order valence-corrected chi connectivity index (χ3v) is 1.44. The zero-order chi connectivity index (χ0) is 11.2. The van der Waals surface area contributed by atoms with Crippen LogP contribution in [0.4, 0.5) is 0 Å². The molecular weight excluding hydrogens is 172 g/mol. The van der Waals surface area contributed by atoms with E-state index in [2.05, 4.69) is 44.0 Å². The Morgan fingerprint density at radius 3 is 1.57 bits per heavy atom. The van der Waals surface area contributed by atoms with E-state index >= 15 is 0 Å². The maximum atomic E-state index is 4.50. The van der Waals surface area contributed by atoms with E-state index in [0.717, 1.165) is 13.1 Å². The minimum atomic E-state index is 1.09. The van der Waals surface area contributed by atoms with Crippen LogP contribution in [0.15, 0.2) is 30.3 Å². The van der Waals surface area contributed by atoms with Crippen molar-refractivity contribution in [3.05, 3.63) is 35.9 Å². The Balaban J connectivity index is 0. The monoisotopic (exact) mass is 196 g/mol. The molecule has 0 fully saturated rings. The predicted octanol–water partition coefficient (Wildman–Crippen LogP) is 2.19. The second-order valence-corrected chi connectivity index (χ2v) is 2.61. The Kier molecular flexibility index (Phi) is 16.3. The first kappa shape index (κ1) is 15.6. The molecule has 0 amide bonds. The molecule has 0 bridgehead atoms. The average Bonchev–Trinajstić information content (AvgIpc) is 2.24. The number of aryl methyl sites for hydroxylation is 1. The van der Waals surface area contributed by atoms with Gasteiger partial charge in [-0.2, -0.15) is 0 Å². The van der Waals surface area contributed by atoms with Gasteiger partial charge in [0.05, 0.1) is 0 Å². The van der Waals surface area contributed by atoms with Crippen molar-refractivity contribution in [2.24, 2.45) is 5.73 Å². The first-order valence-corrected chi connectivity index (χ1v) is 5.11. The molecule has 0 spiro atoms. The summed E-state index contributed by atoms with van der Waals surface area (Å²) >= 11 is 0. The lowest BCUT2D eigenvalue weighted by atomic mass is 10.2. The summed E-state index contributed by atoms with van der Waals surface area (Å²) in [5, 5.41) is 3.11. The molecule has 2 nitrogen and oxygen atoms in total. The Labute approximate surface area is 88.5 Å².